The van der Waals surface area contributed by atoms with Crippen LogP contribution in [0.1, 0.15) is 32.3 Å². The zero-order valence-corrected chi connectivity index (χ0v) is 16.0. The van der Waals surface area contributed by atoms with Gasteiger partial charge in [-0.2, -0.15) is 0 Å². The average molecular weight is 366 g/mol. The van der Waals surface area contributed by atoms with Crippen molar-refractivity contribution >= 4 is 22.9 Å². The fourth-order valence-corrected chi connectivity index (χ4v) is 3.35. The molecule has 0 saturated heterocycles. The summed E-state index contributed by atoms with van der Waals surface area (Å²) >= 11 is 1.60. The first-order valence-corrected chi connectivity index (χ1v) is 9.32. The summed E-state index contributed by atoms with van der Waals surface area (Å²) in [5.41, 5.74) is 4.46. The third kappa shape index (κ3) is 4.26. The number of aryl methyl sites for hydroxylation is 1. The zero-order chi connectivity index (χ0) is 18.5. The van der Waals surface area contributed by atoms with Gasteiger partial charge in [0.05, 0.1) is 29.5 Å². The van der Waals surface area contributed by atoms with Crippen molar-refractivity contribution in [3.8, 4) is 0 Å². The summed E-state index contributed by atoms with van der Waals surface area (Å²) in [4.78, 5) is 23.3. The van der Waals surface area contributed by atoms with Crippen LogP contribution in [-0.2, 0) is 13.1 Å². The largest absolute Gasteiger partial charge is 0.379 e. The van der Waals surface area contributed by atoms with Gasteiger partial charge in [-0.1, -0.05) is 12.1 Å². The summed E-state index contributed by atoms with van der Waals surface area (Å²) in [6.07, 6.45) is 1.78. The molecule has 0 atom stereocenters. The van der Waals surface area contributed by atoms with Crippen molar-refractivity contribution in [2.45, 2.75) is 26.9 Å². The van der Waals surface area contributed by atoms with Gasteiger partial charge < -0.3 is 10.2 Å². The molecule has 1 N–H and O–H groups in total. The SMILES string of the molecule is Cc1nc(CN(C)C(=O)c2cccc(NCc3ccccn3)c2C)cs1. The monoisotopic (exact) mass is 366 g/mol. The quantitative estimate of drug-likeness (QED) is 0.715. The van der Waals surface area contributed by atoms with Crippen molar-refractivity contribution in [2.24, 2.45) is 0 Å². The minimum Gasteiger partial charge on any atom is -0.379 e. The minimum atomic E-state index is -0.00496. The standard InChI is InChI=1S/C20H22N4OS/c1-14-18(20(25)24(3)12-17-13-26-15(2)23-17)8-6-9-19(14)22-11-16-7-4-5-10-21-16/h4-10,13,22H,11-12H2,1-3H3. The van der Waals surface area contributed by atoms with Gasteiger partial charge in [0.25, 0.3) is 5.91 Å². The predicted molar refractivity (Wildman–Crippen MR) is 105 cm³/mol. The molecule has 0 unspecified atom stereocenters. The second-order valence-corrected chi connectivity index (χ2v) is 7.23. The maximum absolute atomic E-state index is 12.9. The molecule has 134 valence electrons. The Morgan fingerprint density at radius 1 is 1.15 bits per heavy atom. The van der Waals surface area contributed by atoms with E-state index < -0.39 is 0 Å². The zero-order valence-electron chi connectivity index (χ0n) is 15.2. The highest BCUT2D eigenvalue weighted by atomic mass is 32.1. The van der Waals surface area contributed by atoms with Crippen molar-refractivity contribution < 1.29 is 4.79 Å². The van der Waals surface area contributed by atoms with Crippen molar-refractivity contribution in [2.75, 3.05) is 12.4 Å². The Morgan fingerprint density at radius 2 is 2.00 bits per heavy atom. The molecule has 2 heterocycles. The van der Waals surface area contributed by atoms with Crippen LogP contribution in [0.25, 0.3) is 0 Å². The number of hydrogen-bond donors (Lipinski definition) is 1. The lowest BCUT2D eigenvalue weighted by Crippen LogP contribution is -2.27. The Labute approximate surface area is 157 Å². The van der Waals surface area contributed by atoms with Crippen LogP contribution in [0, 0.1) is 13.8 Å². The van der Waals surface area contributed by atoms with Gasteiger partial charge in [-0.3, -0.25) is 9.78 Å². The lowest BCUT2D eigenvalue weighted by Gasteiger charge is -2.19. The van der Waals surface area contributed by atoms with Crippen LogP contribution in [0.5, 0.6) is 0 Å². The van der Waals surface area contributed by atoms with E-state index in [1.54, 1.807) is 22.4 Å². The molecule has 0 radical (unpaired) electrons. The molecule has 3 rings (SSSR count). The molecule has 1 aromatic carbocycles. The third-order valence-corrected chi connectivity index (χ3v) is 4.99. The number of hydrogen-bond acceptors (Lipinski definition) is 5. The van der Waals surface area contributed by atoms with Gasteiger partial charge >= 0.3 is 0 Å². The summed E-state index contributed by atoms with van der Waals surface area (Å²) < 4.78 is 0. The Balaban J connectivity index is 1.72. The van der Waals surface area contributed by atoms with E-state index >= 15 is 0 Å². The first-order valence-electron chi connectivity index (χ1n) is 8.44. The molecule has 0 fully saturated rings. The van der Waals surface area contributed by atoms with Crippen molar-refractivity contribution in [3.05, 3.63) is 75.5 Å². The number of aromatic nitrogens is 2. The highest BCUT2D eigenvalue weighted by Crippen LogP contribution is 2.21. The summed E-state index contributed by atoms with van der Waals surface area (Å²) in [6, 6.07) is 11.6. The van der Waals surface area contributed by atoms with Crippen LogP contribution >= 0.6 is 11.3 Å². The highest BCUT2D eigenvalue weighted by molar-refractivity contribution is 7.09. The van der Waals surface area contributed by atoms with Crippen molar-refractivity contribution in [3.63, 3.8) is 0 Å². The van der Waals surface area contributed by atoms with Crippen LogP contribution in [0.4, 0.5) is 5.69 Å². The van der Waals surface area contributed by atoms with E-state index in [1.165, 1.54) is 0 Å². The second kappa shape index (κ2) is 8.10. The van der Waals surface area contributed by atoms with Crippen LogP contribution in [0.15, 0.2) is 48.0 Å². The summed E-state index contributed by atoms with van der Waals surface area (Å²) in [6.45, 7) is 5.06. The third-order valence-electron chi connectivity index (χ3n) is 4.16. The number of anilines is 1. The highest BCUT2D eigenvalue weighted by Gasteiger charge is 2.17. The lowest BCUT2D eigenvalue weighted by atomic mass is 10.1. The molecule has 1 amide bonds. The number of rotatable bonds is 6. The number of benzene rings is 1. The fraction of sp³-hybridized carbons (Fsp3) is 0.250. The smallest absolute Gasteiger partial charge is 0.254 e. The van der Waals surface area contributed by atoms with Gasteiger partial charge in [-0.05, 0) is 43.7 Å². The van der Waals surface area contributed by atoms with E-state index in [0.717, 1.165) is 27.6 Å². The molecular formula is C20H22N4OS. The molecule has 0 aliphatic rings. The first-order chi connectivity index (χ1) is 12.5. The van der Waals surface area contributed by atoms with Crippen LogP contribution in [-0.4, -0.2) is 27.8 Å². The molecule has 0 spiro atoms. The minimum absolute atomic E-state index is 0.00496. The topological polar surface area (TPSA) is 58.1 Å². The predicted octanol–water partition coefficient (Wildman–Crippen LogP) is 4.04. The van der Waals surface area contributed by atoms with Gasteiger partial charge in [0, 0.05) is 29.9 Å². The van der Waals surface area contributed by atoms with Gasteiger partial charge in [-0.25, -0.2) is 4.98 Å². The number of nitrogens with one attached hydrogen (secondary N) is 1. The maximum Gasteiger partial charge on any atom is 0.254 e. The van der Waals surface area contributed by atoms with Gasteiger partial charge in [0.15, 0.2) is 0 Å². The molecule has 2 aromatic heterocycles. The second-order valence-electron chi connectivity index (χ2n) is 6.17. The van der Waals surface area contributed by atoms with E-state index in [9.17, 15) is 4.79 Å². The Hall–Kier alpha value is -2.73. The first kappa shape index (κ1) is 18.1. The van der Waals surface area contributed by atoms with E-state index in [0.29, 0.717) is 18.7 Å². The van der Waals surface area contributed by atoms with Gasteiger partial charge in [0.2, 0.25) is 0 Å². The summed E-state index contributed by atoms with van der Waals surface area (Å²) in [5, 5.41) is 6.38. The fourth-order valence-electron chi connectivity index (χ4n) is 2.75. The van der Waals surface area contributed by atoms with Gasteiger partial charge in [0.1, 0.15) is 0 Å². The van der Waals surface area contributed by atoms with Crippen LogP contribution < -0.4 is 5.32 Å². The molecule has 5 nitrogen and oxygen atoms in total. The number of amides is 1. The normalized spacial score (nSPS) is 10.6. The van der Waals surface area contributed by atoms with E-state index in [4.69, 9.17) is 0 Å². The number of thiazole rings is 1. The van der Waals surface area contributed by atoms with E-state index in [-0.39, 0.29) is 5.91 Å². The number of nitrogens with zero attached hydrogens (tertiary/aromatic N) is 3. The Bertz CT molecular complexity index is 892. The Morgan fingerprint density at radius 3 is 2.69 bits per heavy atom. The van der Waals surface area contributed by atoms with E-state index in [2.05, 4.69) is 15.3 Å². The molecule has 6 heteroatoms. The molecule has 26 heavy (non-hydrogen) atoms. The molecule has 0 aliphatic heterocycles. The number of pyridine rings is 1. The molecule has 0 saturated carbocycles. The van der Waals surface area contributed by atoms with E-state index in [1.807, 2.05) is 62.7 Å². The van der Waals surface area contributed by atoms with Crippen molar-refractivity contribution in [1.82, 2.24) is 14.9 Å². The molecule has 0 aliphatic carbocycles. The van der Waals surface area contributed by atoms with Gasteiger partial charge in [-0.15, -0.1) is 11.3 Å². The maximum atomic E-state index is 12.9. The molecule has 3 aromatic rings. The number of carbonyl (C=O) groups is 1. The van der Waals surface area contributed by atoms with Crippen molar-refractivity contribution in [1.29, 1.82) is 0 Å². The molecule has 0 bridgehead atoms. The summed E-state index contributed by atoms with van der Waals surface area (Å²) in [5.74, 6) is -0.00496. The average Bonchev–Trinajstić information content (AvgIpc) is 3.06. The van der Waals surface area contributed by atoms with Crippen LogP contribution in [0.3, 0.4) is 0 Å². The Kier molecular flexibility index (Phi) is 5.63. The lowest BCUT2D eigenvalue weighted by molar-refractivity contribution is 0.0783. The summed E-state index contributed by atoms with van der Waals surface area (Å²) in [7, 11) is 1.81. The van der Waals surface area contributed by atoms with Crippen LogP contribution in [0.2, 0.25) is 0 Å². The number of carbonyl (C=O) groups excluding carboxylic acids is 1. The molecular weight excluding hydrogens is 344 g/mol.